The number of esters is 4. The van der Waals surface area contributed by atoms with Gasteiger partial charge >= 0.3 is 39.5 Å². The van der Waals surface area contributed by atoms with Gasteiger partial charge in [0.1, 0.15) is 19.3 Å². The molecule has 0 saturated heterocycles. The molecule has 0 saturated carbocycles. The number of hydrogen-bond donors (Lipinski definition) is 3. The normalized spacial score (nSPS) is 14.4. The first-order chi connectivity index (χ1) is 43.9. The number of aliphatic hydroxyl groups is 1. The van der Waals surface area contributed by atoms with Crippen LogP contribution in [0.1, 0.15) is 369 Å². The summed E-state index contributed by atoms with van der Waals surface area (Å²) in [5.41, 5.74) is 0. The van der Waals surface area contributed by atoms with E-state index in [2.05, 4.69) is 41.5 Å². The van der Waals surface area contributed by atoms with Crippen LogP contribution >= 0.6 is 15.6 Å². The van der Waals surface area contributed by atoms with E-state index in [0.717, 1.165) is 102 Å². The molecule has 3 N–H and O–H groups in total. The Balaban J connectivity index is 5.26. The molecular weight excluding hydrogens is 1200 g/mol. The SMILES string of the molecule is CCCCCCCCCCCCCCCCC(=O)OC[C@H](COP(=O)(O)OC[C@@H](O)COP(=O)(O)OC[C@@H](COC(=O)CCCCCCCCCCC(C)C)OC(=O)CCCCCCCCCCCCCC)OC(=O)CCCCCCCCCCCCC(C)CC. The summed E-state index contributed by atoms with van der Waals surface area (Å²) in [5, 5.41) is 10.6. The van der Waals surface area contributed by atoms with Gasteiger partial charge in [0.15, 0.2) is 12.2 Å². The van der Waals surface area contributed by atoms with Crippen LogP contribution in [0.4, 0.5) is 0 Å². The molecule has 0 aromatic heterocycles. The molecule has 91 heavy (non-hydrogen) atoms. The van der Waals surface area contributed by atoms with Crippen molar-refractivity contribution in [3.05, 3.63) is 0 Å². The Morgan fingerprint density at radius 2 is 0.560 bits per heavy atom. The maximum atomic E-state index is 13.0. The first kappa shape index (κ1) is 89.1. The van der Waals surface area contributed by atoms with E-state index < -0.39 is 97.5 Å². The van der Waals surface area contributed by atoms with Gasteiger partial charge in [-0.15, -0.1) is 0 Å². The summed E-state index contributed by atoms with van der Waals surface area (Å²) >= 11 is 0. The smallest absolute Gasteiger partial charge is 0.462 e. The quantitative estimate of drug-likeness (QED) is 0.0222. The summed E-state index contributed by atoms with van der Waals surface area (Å²) in [5.74, 6) is -0.590. The minimum absolute atomic E-state index is 0.107. The van der Waals surface area contributed by atoms with Gasteiger partial charge in [-0.05, 0) is 37.5 Å². The first-order valence-electron chi connectivity index (χ1n) is 37.5. The predicted molar refractivity (Wildman–Crippen MR) is 368 cm³/mol. The minimum Gasteiger partial charge on any atom is -0.462 e. The van der Waals surface area contributed by atoms with E-state index in [9.17, 15) is 43.2 Å². The van der Waals surface area contributed by atoms with Gasteiger partial charge in [0.25, 0.3) is 0 Å². The molecule has 0 aromatic rings. The largest absolute Gasteiger partial charge is 0.472 e. The van der Waals surface area contributed by atoms with E-state index >= 15 is 0 Å². The van der Waals surface area contributed by atoms with Crippen LogP contribution in [0.3, 0.4) is 0 Å². The maximum absolute atomic E-state index is 13.0. The molecule has 19 heteroatoms. The second-order valence-corrected chi connectivity index (χ2v) is 29.6. The molecular formula is C72H140O17P2. The Morgan fingerprint density at radius 3 is 0.835 bits per heavy atom. The fraction of sp³-hybridized carbons (Fsp3) is 0.944. The molecule has 0 spiro atoms. The van der Waals surface area contributed by atoms with Crippen LogP contribution in [0, 0.1) is 11.8 Å². The van der Waals surface area contributed by atoms with E-state index in [4.69, 9.17) is 37.0 Å². The Bertz CT molecular complexity index is 1770. The van der Waals surface area contributed by atoms with Crippen molar-refractivity contribution in [2.24, 2.45) is 11.8 Å². The zero-order valence-electron chi connectivity index (χ0n) is 59.1. The molecule has 0 bridgehead atoms. The van der Waals surface area contributed by atoms with Crippen LogP contribution in [0.25, 0.3) is 0 Å². The van der Waals surface area contributed by atoms with Crippen molar-refractivity contribution < 1.29 is 80.2 Å². The zero-order chi connectivity index (χ0) is 67.2. The van der Waals surface area contributed by atoms with E-state index in [0.29, 0.717) is 25.7 Å². The summed E-state index contributed by atoms with van der Waals surface area (Å²) in [6.45, 7) is 9.56. The van der Waals surface area contributed by atoms with Gasteiger partial charge < -0.3 is 33.8 Å². The number of aliphatic hydroxyl groups excluding tert-OH is 1. The van der Waals surface area contributed by atoms with E-state index in [1.165, 1.54) is 186 Å². The number of carbonyl (C=O) groups excluding carboxylic acids is 4. The Hall–Kier alpha value is -1.94. The highest BCUT2D eigenvalue weighted by molar-refractivity contribution is 7.47. The van der Waals surface area contributed by atoms with Crippen molar-refractivity contribution in [1.29, 1.82) is 0 Å². The van der Waals surface area contributed by atoms with Crippen LogP contribution in [0.15, 0.2) is 0 Å². The lowest BCUT2D eigenvalue weighted by molar-refractivity contribution is -0.161. The van der Waals surface area contributed by atoms with Gasteiger partial charge in [-0.1, -0.05) is 318 Å². The molecule has 0 fully saturated rings. The third-order valence-corrected chi connectivity index (χ3v) is 19.0. The number of phosphoric acid groups is 2. The molecule has 0 aliphatic rings. The van der Waals surface area contributed by atoms with Crippen molar-refractivity contribution >= 4 is 39.5 Å². The van der Waals surface area contributed by atoms with Gasteiger partial charge in [0.05, 0.1) is 26.4 Å². The van der Waals surface area contributed by atoms with Crippen LogP contribution in [0.2, 0.25) is 0 Å². The molecule has 540 valence electrons. The summed E-state index contributed by atoms with van der Waals surface area (Å²) in [7, 11) is -9.90. The third kappa shape index (κ3) is 65.1. The lowest BCUT2D eigenvalue weighted by Crippen LogP contribution is -2.30. The number of ether oxygens (including phenoxy) is 4. The number of unbranched alkanes of at least 4 members (excludes halogenated alkanes) is 40. The average molecular weight is 1340 g/mol. The van der Waals surface area contributed by atoms with Gasteiger partial charge in [-0.2, -0.15) is 0 Å². The molecule has 0 aliphatic heterocycles. The van der Waals surface area contributed by atoms with Gasteiger partial charge in [0, 0.05) is 25.7 Å². The second-order valence-electron chi connectivity index (χ2n) is 26.7. The van der Waals surface area contributed by atoms with Gasteiger partial charge in [0.2, 0.25) is 0 Å². The van der Waals surface area contributed by atoms with Crippen molar-refractivity contribution in [2.45, 2.75) is 387 Å². The molecule has 0 amide bonds. The summed E-state index contributed by atoms with van der Waals surface area (Å²) in [4.78, 5) is 72.6. The molecule has 17 nitrogen and oxygen atoms in total. The first-order valence-corrected chi connectivity index (χ1v) is 40.5. The van der Waals surface area contributed by atoms with E-state index in [1.54, 1.807) is 0 Å². The minimum atomic E-state index is -4.95. The van der Waals surface area contributed by atoms with Crippen molar-refractivity contribution in [3.8, 4) is 0 Å². The number of rotatable bonds is 71. The van der Waals surface area contributed by atoms with Crippen molar-refractivity contribution in [2.75, 3.05) is 39.6 Å². The number of carbonyl (C=O) groups is 4. The Kier molecular flexibility index (Phi) is 62.7. The highest BCUT2D eigenvalue weighted by Gasteiger charge is 2.30. The van der Waals surface area contributed by atoms with Crippen LogP contribution < -0.4 is 0 Å². The standard InChI is InChI=1S/C72H140O17P2/c1-7-10-12-14-16-18-20-22-23-25-29-36-42-48-54-69(74)82-60-67(89-72(77)57-51-45-39-31-27-26-28-35-41-47-53-65(6)9-3)62-86-90(78,79)84-58-66(73)59-85-91(80,81)87-63-68(61-83-70(75)55-49-43-37-33-32-34-40-46-52-64(4)5)88-71(76)56-50-44-38-30-24-21-19-17-15-13-11-8-2/h64-68,73H,7-63H2,1-6H3,(H,78,79)(H,80,81)/t65?,66-,67-,68-/m1/s1. The summed E-state index contributed by atoms with van der Waals surface area (Å²) in [6.07, 6.45) is 49.7. The van der Waals surface area contributed by atoms with Crippen molar-refractivity contribution in [1.82, 2.24) is 0 Å². The van der Waals surface area contributed by atoms with Crippen LogP contribution in [-0.4, -0.2) is 96.7 Å². The van der Waals surface area contributed by atoms with E-state index in [-0.39, 0.29) is 25.7 Å². The average Bonchev–Trinajstić information content (AvgIpc) is 3.74. The maximum Gasteiger partial charge on any atom is 0.472 e. The molecule has 0 heterocycles. The highest BCUT2D eigenvalue weighted by Crippen LogP contribution is 2.45. The van der Waals surface area contributed by atoms with Gasteiger partial charge in [-0.3, -0.25) is 37.3 Å². The topological polar surface area (TPSA) is 237 Å². The van der Waals surface area contributed by atoms with Crippen LogP contribution in [-0.2, 0) is 65.4 Å². The van der Waals surface area contributed by atoms with Crippen LogP contribution in [0.5, 0.6) is 0 Å². The number of hydrogen-bond acceptors (Lipinski definition) is 15. The van der Waals surface area contributed by atoms with Crippen molar-refractivity contribution in [3.63, 3.8) is 0 Å². The Morgan fingerprint density at radius 1 is 0.319 bits per heavy atom. The molecule has 0 radical (unpaired) electrons. The molecule has 0 rings (SSSR count). The second kappa shape index (κ2) is 64.1. The monoisotopic (exact) mass is 1340 g/mol. The molecule has 0 aromatic carbocycles. The van der Waals surface area contributed by atoms with E-state index in [1.807, 2.05) is 0 Å². The Labute approximate surface area is 556 Å². The summed E-state index contributed by atoms with van der Waals surface area (Å²) in [6, 6.07) is 0. The predicted octanol–water partition coefficient (Wildman–Crippen LogP) is 20.8. The fourth-order valence-electron chi connectivity index (χ4n) is 10.9. The number of phosphoric ester groups is 2. The third-order valence-electron chi connectivity index (χ3n) is 17.1. The lowest BCUT2D eigenvalue weighted by atomic mass is 9.99. The molecule has 0 aliphatic carbocycles. The lowest BCUT2D eigenvalue weighted by Gasteiger charge is -2.21. The molecule has 6 atom stereocenters. The zero-order valence-corrected chi connectivity index (χ0v) is 60.9. The highest BCUT2D eigenvalue weighted by atomic mass is 31.2. The molecule has 3 unspecified atom stereocenters. The fourth-order valence-corrected chi connectivity index (χ4v) is 12.5. The van der Waals surface area contributed by atoms with Gasteiger partial charge in [-0.25, -0.2) is 9.13 Å². The summed E-state index contributed by atoms with van der Waals surface area (Å²) < 4.78 is 68.4.